The summed E-state index contributed by atoms with van der Waals surface area (Å²) >= 11 is 0. The molecule has 142 valence electrons. The van der Waals surface area contributed by atoms with Crippen molar-refractivity contribution in [2.45, 2.75) is 89.1 Å². The summed E-state index contributed by atoms with van der Waals surface area (Å²) in [6.45, 7) is 2.66. The molecule has 0 saturated carbocycles. The van der Waals surface area contributed by atoms with E-state index < -0.39 is 31.0 Å². The molecule has 24 heavy (non-hydrogen) atoms. The number of hydrogen-bond donors (Lipinski definition) is 3. The molecule has 1 heterocycles. The van der Waals surface area contributed by atoms with E-state index >= 15 is 0 Å². The molecule has 1 rings (SSSR count). The Balaban J connectivity index is 1.92. The molecule has 0 unspecified atom stereocenters. The van der Waals surface area contributed by atoms with Crippen LogP contribution in [0, 0.1) is 0 Å². The Morgan fingerprint density at radius 1 is 1.08 bits per heavy atom. The fourth-order valence-corrected chi connectivity index (χ4v) is 2.91. The number of aliphatic hydroxyl groups excluding tert-OH is 3. The molecule has 5 nitrogen and oxygen atoms in total. The van der Waals surface area contributed by atoms with Crippen molar-refractivity contribution in [2.75, 3.05) is 19.8 Å². The van der Waals surface area contributed by atoms with Gasteiger partial charge in [0.1, 0.15) is 24.4 Å². The number of hydrogen-bond acceptors (Lipinski definition) is 5. The van der Waals surface area contributed by atoms with Gasteiger partial charge in [-0.1, -0.05) is 51.2 Å². The maximum absolute atomic E-state index is 10.0. The lowest BCUT2D eigenvalue weighted by molar-refractivity contribution is -0.0730. The van der Waals surface area contributed by atoms with Gasteiger partial charge >= 0.3 is 0 Å². The highest BCUT2D eigenvalue weighted by atomic mass is 16.6. The Morgan fingerprint density at radius 3 is 2.46 bits per heavy atom. The number of allylic oxidation sites excluding steroid dienone is 2. The minimum atomic E-state index is -1.05. The Labute approximate surface area is 146 Å². The molecule has 1 saturated heterocycles. The van der Waals surface area contributed by atoms with Crippen LogP contribution in [-0.2, 0) is 9.47 Å². The van der Waals surface area contributed by atoms with E-state index in [0.29, 0.717) is 6.61 Å². The number of ether oxygens (including phenoxy) is 2. The first-order valence-electron chi connectivity index (χ1n) is 9.55. The van der Waals surface area contributed by atoms with Crippen LogP contribution in [0.4, 0.5) is 0 Å². The van der Waals surface area contributed by atoms with Crippen LogP contribution in [0.15, 0.2) is 12.2 Å². The standard InChI is InChI=1S/C19H36O5/c1-2-3-4-5-6-7-8-9-10-11-12-13-23-17-15-24-19(18(17)22)16(21)14-20/h4-5,16-22H,2-3,6-15H2,1H3/b5-4+/t16-,17+,18+,19+/m1/s1. The van der Waals surface area contributed by atoms with E-state index in [0.717, 1.165) is 12.8 Å². The van der Waals surface area contributed by atoms with E-state index in [1.165, 1.54) is 44.9 Å². The van der Waals surface area contributed by atoms with Gasteiger partial charge in [0.15, 0.2) is 0 Å². The largest absolute Gasteiger partial charge is 0.394 e. The third-order valence-electron chi connectivity index (χ3n) is 4.46. The molecular weight excluding hydrogens is 308 g/mol. The first-order chi connectivity index (χ1) is 11.7. The summed E-state index contributed by atoms with van der Waals surface area (Å²) in [5, 5.41) is 28.4. The SMILES string of the molecule is CCC/C=C/CCCCCCCCO[C@H]1CO[C@@H]([C@H](O)CO)[C@H]1O. The normalized spacial score (nSPS) is 25.6. The average Bonchev–Trinajstić information content (AvgIpc) is 2.96. The summed E-state index contributed by atoms with van der Waals surface area (Å²) < 4.78 is 10.9. The molecule has 0 aliphatic carbocycles. The van der Waals surface area contributed by atoms with Crippen LogP contribution in [-0.4, -0.2) is 59.6 Å². The van der Waals surface area contributed by atoms with Crippen LogP contribution in [0.5, 0.6) is 0 Å². The molecule has 0 aromatic heterocycles. The molecule has 0 aromatic rings. The molecule has 0 amide bonds. The molecule has 0 spiro atoms. The van der Waals surface area contributed by atoms with Crippen LogP contribution in [0.1, 0.15) is 64.7 Å². The Hall–Kier alpha value is -0.460. The fourth-order valence-electron chi connectivity index (χ4n) is 2.91. The molecule has 0 aromatic carbocycles. The third-order valence-corrected chi connectivity index (χ3v) is 4.46. The monoisotopic (exact) mass is 344 g/mol. The molecule has 0 radical (unpaired) electrons. The predicted molar refractivity (Wildman–Crippen MR) is 94.9 cm³/mol. The van der Waals surface area contributed by atoms with E-state index in [1.54, 1.807) is 0 Å². The lowest BCUT2D eigenvalue weighted by Gasteiger charge is -2.20. The fraction of sp³-hybridized carbons (Fsp3) is 0.895. The van der Waals surface area contributed by atoms with Crippen molar-refractivity contribution < 1.29 is 24.8 Å². The van der Waals surface area contributed by atoms with Gasteiger partial charge in [-0.25, -0.2) is 0 Å². The van der Waals surface area contributed by atoms with E-state index in [2.05, 4.69) is 19.1 Å². The van der Waals surface area contributed by atoms with Gasteiger partial charge in [0, 0.05) is 6.61 Å². The van der Waals surface area contributed by atoms with E-state index in [1.807, 2.05) is 0 Å². The van der Waals surface area contributed by atoms with Crippen molar-refractivity contribution in [3.63, 3.8) is 0 Å². The number of aliphatic hydroxyl groups is 3. The van der Waals surface area contributed by atoms with Crippen molar-refractivity contribution in [1.29, 1.82) is 0 Å². The van der Waals surface area contributed by atoms with Gasteiger partial charge < -0.3 is 24.8 Å². The summed E-state index contributed by atoms with van der Waals surface area (Å²) in [4.78, 5) is 0. The zero-order chi connectivity index (χ0) is 17.6. The second-order valence-corrected chi connectivity index (χ2v) is 6.62. The lowest BCUT2D eigenvalue weighted by atomic mass is 10.1. The highest BCUT2D eigenvalue weighted by Gasteiger charge is 2.40. The zero-order valence-electron chi connectivity index (χ0n) is 15.1. The van der Waals surface area contributed by atoms with Crippen molar-refractivity contribution in [3.8, 4) is 0 Å². The number of rotatable bonds is 14. The summed E-state index contributed by atoms with van der Waals surface area (Å²) in [7, 11) is 0. The Bertz CT molecular complexity index is 321. The maximum Gasteiger partial charge on any atom is 0.114 e. The molecule has 0 bridgehead atoms. The summed E-state index contributed by atoms with van der Waals surface area (Å²) in [6.07, 6.45) is 12.3. The summed E-state index contributed by atoms with van der Waals surface area (Å²) in [5.74, 6) is 0. The van der Waals surface area contributed by atoms with Gasteiger partial charge in [-0.15, -0.1) is 0 Å². The minimum absolute atomic E-state index is 0.272. The maximum atomic E-state index is 10.0. The van der Waals surface area contributed by atoms with Gasteiger partial charge in [-0.05, 0) is 25.7 Å². The van der Waals surface area contributed by atoms with Gasteiger partial charge in [-0.3, -0.25) is 0 Å². The molecule has 5 heteroatoms. The lowest BCUT2D eigenvalue weighted by Crippen LogP contribution is -2.41. The van der Waals surface area contributed by atoms with Crippen molar-refractivity contribution >= 4 is 0 Å². The van der Waals surface area contributed by atoms with E-state index in [4.69, 9.17) is 14.6 Å². The van der Waals surface area contributed by atoms with E-state index in [9.17, 15) is 10.2 Å². The van der Waals surface area contributed by atoms with Crippen molar-refractivity contribution in [1.82, 2.24) is 0 Å². The zero-order valence-corrected chi connectivity index (χ0v) is 15.1. The molecule has 1 fully saturated rings. The average molecular weight is 344 g/mol. The highest BCUT2D eigenvalue weighted by molar-refractivity contribution is 4.88. The van der Waals surface area contributed by atoms with Gasteiger partial charge in [0.2, 0.25) is 0 Å². The molecule has 4 atom stereocenters. The molecule has 1 aliphatic heterocycles. The van der Waals surface area contributed by atoms with Crippen molar-refractivity contribution in [3.05, 3.63) is 12.2 Å². The summed E-state index contributed by atoms with van der Waals surface area (Å²) in [5.41, 5.74) is 0. The van der Waals surface area contributed by atoms with Gasteiger partial charge in [0.25, 0.3) is 0 Å². The quantitative estimate of drug-likeness (QED) is 0.333. The predicted octanol–water partition coefficient (Wildman–Crippen LogP) is 2.57. The van der Waals surface area contributed by atoms with Crippen LogP contribution in [0.25, 0.3) is 0 Å². The van der Waals surface area contributed by atoms with Crippen molar-refractivity contribution in [2.24, 2.45) is 0 Å². The number of unbranched alkanes of at least 4 members (excludes halogenated alkanes) is 7. The first-order valence-corrected chi connectivity index (χ1v) is 9.55. The van der Waals surface area contributed by atoms with Crippen LogP contribution < -0.4 is 0 Å². The summed E-state index contributed by atoms with van der Waals surface area (Å²) in [6, 6.07) is 0. The molecular formula is C19H36O5. The van der Waals surface area contributed by atoms with E-state index in [-0.39, 0.29) is 6.61 Å². The Kier molecular flexibility index (Phi) is 12.4. The molecule has 1 aliphatic rings. The smallest absolute Gasteiger partial charge is 0.114 e. The Morgan fingerprint density at radius 2 is 1.75 bits per heavy atom. The van der Waals surface area contributed by atoms with Crippen LogP contribution >= 0.6 is 0 Å². The van der Waals surface area contributed by atoms with Crippen LogP contribution in [0.2, 0.25) is 0 Å². The van der Waals surface area contributed by atoms with Gasteiger partial charge in [0.05, 0.1) is 13.2 Å². The van der Waals surface area contributed by atoms with Gasteiger partial charge in [-0.2, -0.15) is 0 Å². The first kappa shape index (κ1) is 21.6. The molecule has 3 N–H and O–H groups in total. The minimum Gasteiger partial charge on any atom is -0.394 e. The topological polar surface area (TPSA) is 79.2 Å². The highest BCUT2D eigenvalue weighted by Crippen LogP contribution is 2.20. The second-order valence-electron chi connectivity index (χ2n) is 6.62. The third kappa shape index (κ3) is 8.58. The second kappa shape index (κ2) is 13.8. The van der Waals surface area contributed by atoms with Crippen LogP contribution in [0.3, 0.4) is 0 Å².